The molecule has 204 valence electrons. The number of H-pyrrole nitrogens is 2. The predicted octanol–water partition coefficient (Wildman–Crippen LogP) is 3.43. The van der Waals surface area contributed by atoms with Crippen molar-refractivity contribution in [3.8, 4) is 5.95 Å². The lowest BCUT2D eigenvalue weighted by Gasteiger charge is -2.32. The number of benzene rings is 2. The Hall–Kier alpha value is -3.96. The zero-order valence-corrected chi connectivity index (χ0v) is 21.7. The molecule has 2 aromatic carbocycles. The lowest BCUT2D eigenvalue weighted by atomic mass is 9.90. The Kier molecular flexibility index (Phi) is 7.80. The van der Waals surface area contributed by atoms with Gasteiger partial charge in [0, 0.05) is 35.3 Å². The molecule has 1 saturated heterocycles. The number of hydrogen-bond donors (Lipinski definition) is 3. The van der Waals surface area contributed by atoms with Crippen LogP contribution in [0.3, 0.4) is 0 Å². The van der Waals surface area contributed by atoms with Gasteiger partial charge in [-0.25, -0.2) is 14.2 Å². The monoisotopic (exact) mass is 555 g/mol. The first-order valence-corrected chi connectivity index (χ1v) is 13.0. The summed E-state index contributed by atoms with van der Waals surface area (Å²) >= 11 is 6.11. The molecule has 10 nitrogen and oxygen atoms in total. The van der Waals surface area contributed by atoms with Crippen LogP contribution in [0.15, 0.2) is 47.3 Å². The molecule has 0 radical (unpaired) electrons. The highest BCUT2D eigenvalue weighted by molar-refractivity contribution is 6.31. The van der Waals surface area contributed by atoms with E-state index in [1.807, 2.05) is 0 Å². The third-order valence-electron chi connectivity index (χ3n) is 6.95. The molecule has 1 fully saturated rings. The minimum Gasteiger partial charge on any atom is -0.480 e. The SMILES string of the molecule is O=C(O)COCC(=O)N1CCC(c2[nH]n(-c3nc4ccc(Cl)cc4[nH]3)c(=O)c2CCc2ccc(F)cc2)CC1. The lowest BCUT2D eigenvalue weighted by Crippen LogP contribution is -2.40. The van der Waals surface area contributed by atoms with Gasteiger partial charge < -0.3 is 19.7 Å². The number of ether oxygens (including phenoxy) is 1. The van der Waals surface area contributed by atoms with E-state index in [-0.39, 0.29) is 29.8 Å². The van der Waals surface area contributed by atoms with Crippen LogP contribution in [0, 0.1) is 5.82 Å². The third kappa shape index (κ3) is 6.04. The molecule has 3 heterocycles. The van der Waals surface area contributed by atoms with Gasteiger partial charge in [-0.15, -0.1) is 0 Å². The van der Waals surface area contributed by atoms with Crippen LogP contribution in [-0.4, -0.2) is 67.9 Å². The highest BCUT2D eigenvalue weighted by atomic mass is 35.5. The van der Waals surface area contributed by atoms with Crippen LogP contribution >= 0.6 is 11.6 Å². The van der Waals surface area contributed by atoms with Crippen LogP contribution in [-0.2, 0) is 27.2 Å². The molecular weight excluding hydrogens is 529 g/mol. The Balaban J connectivity index is 1.39. The third-order valence-corrected chi connectivity index (χ3v) is 7.18. The summed E-state index contributed by atoms with van der Waals surface area (Å²) in [6, 6.07) is 11.5. The molecule has 1 aliphatic heterocycles. The number of aromatic amines is 2. The molecular formula is C27H27ClFN5O5. The number of carboxylic acid groups (broad SMARTS) is 1. The molecule has 0 atom stereocenters. The molecule has 3 N–H and O–H groups in total. The van der Waals surface area contributed by atoms with E-state index in [9.17, 15) is 18.8 Å². The van der Waals surface area contributed by atoms with Gasteiger partial charge in [0.1, 0.15) is 19.0 Å². The minimum absolute atomic E-state index is 0.00928. The van der Waals surface area contributed by atoms with Crippen molar-refractivity contribution in [3.05, 3.63) is 80.5 Å². The zero-order valence-electron chi connectivity index (χ0n) is 21.0. The maximum Gasteiger partial charge on any atom is 0.329 e. The average molecular weight is 556 g/mol. The van der Waals surface area contributed by atoms with Crippen LogP contribution in [0.5, 0.6) is 0 Å². The Morgan fingerprint density at radius 3 is 2.56 bits per heavy atom. The molecule has 0 bridgehead atoms. The van der Waals surface area contributed by atoms with Gasteiger partial charge in [0.05, 0.1) is 11.0 Å². The molecule has 12 heteroatoms. The van der Waals surface area contributed by atoms with Gasteiger partial charge in [-0.3, -0.25) is 14.7 Å². The number of fused-ring (bicyclic) bond motifs is 1. The van der Waals surface area contributed by atoms with Gasteiger partial charge >= 0.3 is 5.97 Å². The van der Waals surface area contributed by atoms with Gasteiger partial charge in [0.15, 0.2) is 0 Å². The quantitative estimate of drug-likeness (QED) is 0.290. The predicted molar refractivity (Wildman–Crippen MR) is 142 cm³/mol. The molecule has 1 aliphatic rings. The number of nitrogens with zero attached hydrogens (tertiary/aromatic N) is 3. The maximum absolute atomic E-state index is 13.7. The summed E-state index contributed by atoms with van der Waals surface area (Å²) in [5.41, 5.74) is 3.46. The van der Waals surface area contributed by atoms with Crippen molar-refractivity contribution in [2.45, 2.75) is 31.6 Å². The summed E-state index contributed by atoms with van der Waals surface area (Å²) in [5.74, 6) is -1.38. The summed E-state index contributed by atoms with van der Waals surface area (Å²) < 4.78 is 19.7. The molecule has 1 amide bonds. The van der Waals surface area contributed by atoms with Crippen LogP contribution in [0.2, 0.25) is 5.02 Å². The van der Waals surface area contributed by atoms with Crippen molar-refractivity contribution >= 4 is 34.5 Å². The summed E-state index contributed by atoms with van der Waals surface area (Å²) in [5, 5.41) is 12.5. The number of halogens is 2. The van der Waals surface area contributed by atoms with Crippen LogP contribution in [0.1, 0.15) is 35.6 Å². The van der Waals surface area contributed by atoms with E-state index in [0.717, 1.165) is 11.3 Å². The van der Waals surface area contributed by atoms with Crippen LogP contribution < -0.4 is 5.56 Å². The Morgan fingerprint density at radius 1 is 1.10 bits per heavy atom. The molecule has 0 spiro atoms. The van der Waals surface area contributed by atoms with Crippen molar-refractivity contribution < 1.29 is 23.8 Å². The molecule has 5 rings (SSSR count). The zero-order chi connectivity index (χ0) is 27.5. The number of rotatable bonds is 9. The Labute approximate surface area is 227 Å². The molecule has 0 saturated carbocycles. The van der Waals surface area contributed by atoms with Gasteiger partial charge in [0.25, 0.3) is 5.56 Å². The number of aliphatic carboxylic acids is 1. The van der Waals surface area contributed by atoms with Crippen molar-refractivity contribution in [2.75, 3.05) is 26.3 Å². The van der Waals surface area contributed by atoms with E-state index in [4.69, 9.17) is 21.4 Å². The second kappa shape index (κ2) is 11.4. The summed E-state index contributed by atoms with van der Waals surface area (Å²) in [7, 11) is 0. The average Bonchev–Trinajstić information content (AvgIpc) is 3.48. The second-order valence-electron chi connectivity index (χ2n) is 9.53. The van der Waals surface area contributed by atoms with Gasteiger partial charge in [-0.05, 0) is 61.6 Å². The number of hydrogen-bond acceptors (Lipinski definition) is 5. The molecule has 39 heavy (non-hydrogen) atoms. The van der Waals surface area contributed by atoms with E-state index in [1.54, 1.807) is 35.2 Å². The first-order chi connectivity index (χ1) is 18.8. The first kappa shape index (κ1) is 26.6. The van der Waals surface area contributed by atoms with Crippen molar-refractivity contribution in [2.24, 2.45) is 0 Å². The van der Waals surface area contributed by atoms with E-state index in [2.05, 4.69) is 15.1 Å². The number of nitrogens with one attached hydrogen (secondary N) is 2. The fraction of sp³-hybridized carbons (Fsp3) is 0.333. The number of carboxylic acids is 1. The number of likely N-dealkylation sites (tertiary alicyclic amines) is 1. The van der Waals surface area contributed by atoms with Gasteiger partial charge in [-0.2, -0.15) is 4.68 Å². The number of carbonyl (C=O) groups is 2. The normalized spacial score (nSPS) is 14.3. The largest absolute Gasteiger partial charge is 0.480 e. The first-order valence-electron chi connectivity index (χ1n) is 12.6. The van der Waals surface area contributed by atoms with E-state index >= 15 is 0 Å². The number of imidazole rings is 1. The number of aromatic nitrogens is 4. The fourth-order valence-electron chi connectivity index (χ4n) is 4.95. The van der Waals surface area contributed by atoms with E-state index in [1.165, 1.54) is 16.8 Å². The number of carbonyl (C=O) groups excluding carboxylic acids is 1. The molecule has 2 aromatic heterocycles. The number of amides is 1. The van der Waals surface area contributed by atoms with Crippen LogP contribution in [0.25, 0.3) is 17.0 Å². The van der Waals surface area contributed by atoms with Crippen LogP contribution in [0.4, 0.5) is 4.39 Å². The molecule has 0 aliphatic carbocycles. The van der Waals surface area contributed by atoms with Crippen molar-refractivity contribution in [3.63, 3.8) is 0 Å². The molecule has 4 aromatic rings. The fourth-order valence-corrected chi connectivity index (χ4v) is 5.12. The lowest BCUT2D eigenvalue weighted by molar-refractivity contribution is -0.146. The standard InChI is InChI=1S/C27H27ClFN5O5/c28-18-4-8-21-22(13-18)31-27(30-21)34-26(38)20(7-3-16-1-5-19(29)6-2-16)25(32-34)17-9-11-33(12-10-17)23(35)14-39-15-24(36)37/h1-2,4-6,8,13,17,32H,3,7,9-12,14-15H2,(H,30,31)(H,36,37). The highest BCUT2D eigenvalue weighted by Crippen LogP contribution is 2.29. The Morgan fingerprint density at radius 2 is 1.85 bits per heavy atom. The van der Waals surface area contributed by atoms with E-state index in [0.29, 0.717) is 66.3 Å². The number of aryl methyl sites for hydroxylation is 1. The summed E-state index contributed by atoms with van der Waals surface area (Å²) in [4.78, 5) is 46.1. The van der Waals surface area contributed by atoms with Gasteiger partial charge in [0.2, 0.25) is 11.9 Å². The Bertz CT molecular complexity index is 1550. The minimum atomic E-state index is -1.13. The second-order valence-corrected chi connectivity index (χ2v) is 9.97. The highest BCUT2D eigenvalue weighted by Gasteiger charge is 2.29. The summed E-state index contributed by atoms with van der Waals surface area (Å²) in [6.07, 6.45) is 2.22. The van der Waals surface area contributed by atoms with Crippen molar-refractivity contribution in [1.82, 2.24) is 24.6 Å². The van der Waals surface area contributed by atoms with E-state index < -0.39 is 12.6 Å². The van der Waals surface area contributed by atoms with Crippen molar-refractivity contribution in [1.29, 1.82) is 0 Å². The topological polar surface area (TPSA) is 133 Å². The number of piperidine rings is 1. The molecule has 0 unspecified atom stereocenters. The van der Waals surface area contributed by atoms with Gasteiger partial charge in [-0.1, -0.05) is 23.7 Å². The maximum atomic E-state index is 13.7. The summed E-state index contributed by atoms with van der Waals surface area (Å²) in [6.45, 7) is 0.0902. The smallest absolute Gasteiger partial charge is 0.329 e.